The first-order valence-corrected chi connectivity index (χ1v) is 8.71. The predicted molar refractivity (Wildman–Crippen MR) is 84.1 cm³/mol. The molecule has 0 N–H and O–H groups in total. The molecule has 2 rings (SSSR count). The van der Waals surface area contributed by atoms with Crippen LogP contribution in [0.1, 0.15) is 32.8 Å². The zero-order chi connectivity index (χ0) is 14.8. The van der Waals surface area contributed by atoms with Crippen LogP contribution in [-0.2, 0) is 31.3 Å². The molecule has 0 bridgehead atoms. The first-order chi connectivity index (χ1) is 9.40. The molecule has 0 aromatic heterocycles. The van der Waals surface area contributed by atoms with E-state index in [1.54, 1.807) is 0 Å². The van der Waals surface area contributed by atoms with Crippen molar-refractivity contribution in [1.29, 1.82) is 0 Å². The zero-order valence-corrected chi connectivity index (χ0v) is 16.4. The van der Waals surface area contributed by atoms with Crippen molar-refractivity contribution in [3.63, 3.8) is 0 Å². The molecular weight excluding hydrogens is 296 g/mol. The van der Waals surface area contributed by atoms with Gasteiger partial charge in [0.05, 0.1) is 0 Å². The van der Waals surface area contributed by atoms with Crippen molar-refractivity contribution < 1.29 is 24.9 Å². The van der Waals surface area contributed by atoms with Crippen molar-refractivity contribution in [3.05, 3.63) is 57.5 Å². The molecule has 3 heteroatoms. The average Bonchev–Trinajstić information content (AvgIpc) is 2.86. The summed E-state index contributed by atoms with van der Waals surface area (Å²) >= 11 is 2.24. The Morgan fingerprint density at radius 2 is 1.85 bits per heavy atom. The molecule has 1 aromatic carbocycles. The minimum atomic E-state index is -0.161. The van der Waals surface area contributed by atoms with Gasteiger partial charge in [-0.05, 0) is 0 Å². The van der Waals surface area contributed by atoms with Crippen LogP contribution in [0.15, 0.2) is 51.9 Å². The fraction of sp³-hybridized carbons (Fsp3) is 0.412. The van der Waals surface area contributed by atoms with Gasteiger partial charge in [0.15, 0.2) is 0 Å². The Morgan fingerprint density at radius 1 is 1.20 bits per heavy atom. The molecule has 0 saturated heterocycles. The second-order valence-electron chi connectivity index (χ2n) is 6.22. The number of rotatable bonds is 5. The van der Waals surface area contributed by atoms with Gasteiger partial charge in [0.1, 0.15) is 0 Å². The van der Waals surface area contributed by atoms with Gasteiger partial charge in [-0.2, -0.15) is 0 Å². The van der Waals surface area contributed by atoms with Crippen LogP contribution < -0.4 is 0 Å². The normalized spacial score (nSPS) is 18.5. The van der Waals surface area contributed by atoms with E-state index in [-0.39, 0.29) is 11.0 Å². The van der Waals surface area contributed by atoms with Crippen molar-refractivity contribution in [1.82, 2.24) is 0 Å². The number of allylic oxidation sites excluding steroid dienone is 3. The van der Waals surface area contributed by atoms with Gasteiger partial charge in [-0.1, -0.05) is 0 Å². The Morgan fingerprint density at radius 3 is 2.35 bits per heavy atom. The Labute approximate surface area is 137 Å². The van der Waals surface area contributed by atoms with E-state index in [1.165, 1.54) is 15.0 Å². The van der Waals surface area contributed by atoms with Crippen LogP contribution in [0.4, 0.5) is 0 Å². The molecule has 1 aliphatic rings. The summed E-state index contributed by atoms with van der Waals surface area (Å²) in [6.07, 6.45) is 6.60. The second kappa shape index (κ2) is 6.15. The van der Waals surface area contributed by atoms with Gasteiger partial charge >= 0.3 is 137 Å². The third kappa shape index (κ3) is 2.94. The van der Waals surface area contributed by atoms with Crippen molar-refractivity contribution in [2.45, 2.75) is 39.2 Å². The van der Waals surface area contributed by atoms with Gasteiger partial charge in [-0.3, -0.25) is 0 Å². The summed E-state index contributed by atoms with van der Waals surface area (Å²) in [6.45, 7) is 6.91. The van der Waals surface area contributed by atoms with E-state index < -0.39 is 0 Å². The van der Waals surface area contributed by atoms with Crippen LogP contribution in [0.25, 0.3) is 0 Å². The second-order valence-corrected chi connectivity index (χ2v) is 7.57. The van der Waals surface area contributed by atoms with Gasteiger partial charge in [0, 0.05) is 0 Å². The maximum absolute atomic E-state index is 6.14. The molecule has 0 fully saturated rings. The molecule has 0 spiro atoms. The van der Waals surface area contributed by atoms with Crippen LogP contribution in [0, 0.1) is 5.41 Å². The molecule has 0 saturated carbocycles. The van der Waals surface area contributed by atoms with Crippen LogP contribution in [0.2, 0.25) is 0 Å². The summed E-state index contributed by atoms with van der Waals surface area (Å²) < 4.78 is 7.62. The van der Waals surface area contributed by atoms with E-state index in [1.807, 2.05) is 0 Å². The number of benzene rings is 1. The Balaban J connectivity index is 2.34. The third-order valence-electron chi connectivity index (χ3n) is 4.76. The predicted octanol–water partition coefficient (Wildman–Crippen LogP) is 3.07. The van der Waals surface area contributed by atoms with Crippen molar-refractivity contribution in [2.75, 3.05) is 0 Å². The molecule has 1 aliphatic carbocycles. The molecule has 0 heterocycles. The van der Waals surface area contributed by atoms with Crippen molar-refractivity contribution in [2.24, 2.45) is 5.41 Å². The zero-order valence-electron chi connectivity index (χ0n) is 12.9. The summed E-state index contributed by atoms with van der Waals surface area (Å²) in [5.74, 6) is 0. The summed E-state index contributed by atoms with van der Waals surface area (Å²) in [5.41, 5.74) is 2.65. The Bertz CT molecular complexity index is 533. The molecular formula is C17H23OSiTi. The van der Waals surface area contributed by atoms with E-state index in [0.29, 0.717) is 0 Å². The summed E-state index contributed by atoms with van der Waals surface area (Å²) in [5, 5.41) is 0. The molecule has 1 atom stereocenters. The SMILES string of the molecule is CC(Cc1ccccc1)(O[SiH3])C(C)(C)C1=[C]([Ti])CC=C1. The van der Waals surface area contributed by atoms with Crippen LogP contribution >= 0.6 is 0 Å². The molecule has 1 unspecified atom stereocenters. The Kier molecular flexibility index (Phi) is 4.91. The van der Waals surface area contributed by atoms with Gasteiger partial charge < -0.3 is 0 Å². The monoisotopic (exact) mass is 319 g/mol. The van der Waals surface area contributed by atoms with Gasteiger partial charge in [0.2, 0.25) is 0 Å². The fourth-order valence-corrected chi connectivity index (χ4v) is 4.37. The van der Waals surface area contributed by atoms with Crippen molar-refractivity contribution >= 4 is 10.5 Å². The average molecular weight is 319 g/mol. The summed E-state index contributed by atoms with van der Waals surface area (Å²) in [4.78, 5) is 0. The summed E-state index contributed by atoms with van der Waals surface area (Å²) in [6, 6.07) is 10.7. The van der Waals surface area contributed by atoms with E-state index in [9.17, 15) is 0 Å². The van der Waals surface area contributed by atoms with E-state index in [2.05, 4.69) is 83.7 Å². The molecule has 0 aliphatic heterocycles. The summed E-state index contributed by atoms with van der Waals surface area (Å²) in [7, 11) is 0.756. The number of hydrogen-bond acceptors (Lipinski definition) is 1. The standard InChI is InChI=1S/C17H23OSi.Ti/c1-16(2,15-11-7-8-12-15)17(3,18-19)13-14-9-5-4-6-10-14;/h4-7,9-11H,8,13H2,1-3,19H3;. The quantitative estimate of drug-likeness (QED) is 0.758. The first-order valence-electron chi connectivity index (χ1n) is 7.11. The molecule has 20 heavy (non-hydrogen) atoms. The van der Waals surface area contributed by atoms with Crippen molar-refractivity contribution in [3.8, 4) is 0 Å². The van der Waals surface area contributed by atoms with Gasteiger partial charge in [-0.25, -0.2) is 0 Å². The first kappa shape index (κ1) is 16.0. The van der Waals surface area contributed by atoms with Crippen LogP contribution in [0.5, 0.6) is 0 Å². The molecule has 0 radical (unpaired) electrons. The van der Waals surface area contributed by atoms with E-state index in [4.69, 9.17) is 4.43 Å². The maximum atomic E-state index is 6.14. The molecule has 0 amide bonds. The van der Waals surface area contributed by atoms with E-state index >= 15 is 0 Å². The minimum absolute atomic E-state index is 0.0156. The van der Waals surface area contributed by atoms with Crippen LogP contribution in [0.3, 0.4) is 0 Å². The fourth-order valence-electron chi connectivity index (χ4n) is 2.91. The number of hydrogen-bond donors (Lipinski definition) is 0. The molecule has 1 aromatic rings. The van der Waals surface area contributed by atoms with Gasteiger partial charge in [0.25, 0.3) is 0 Å². The van der Waals surface area contributed by atoms with Crippen LogP contribution in [-0.4, -0.2) is 16.1 Å². The third-order valence-corrected chi connectivity index (χ3v) is 6.40. The molecule has 1 nitrogen and oxygen atoms in total. The Hall–Kier alpha value is -0.409. The topological polar surface area (TPSA) is 9.23 Å². The molecule has 105 valence electrons. The van der Waals surface area contributed by atoms with Gasteiger partial charge in [-0.15, -0.1) is 0 Å². The van der Waals surface area contributed by atoms with E-state index in [0.717, 1.165) is 23.3 Å².